The Morgan fingerprint density at radius 1 is 1.00 bits per heavy atom. The highest BCUT2D eigenvalue weighted by Crippen LogP contribution is 2.13. The predicted molar refractivity (Wildman–Crippen MR) is 70.2 cm³/mol. The van der Waals surface area contributed by atoms with Gasteiger partial charge in [-0.2, -0.15) is 0 Å². The van der Waals surface area contributed by atoms with Crippen LogP contribution >= 0.6 is 0 Å². The van der Waals surface area contributed by atoms with E-state index < -0.39 is 0 Å². The summed E-state index contributed by atoms with van der Waals surface area (Å²) >= 11 is 0. The molecule has 0 aliphatic rings. The molecule has 0 aromatic carbocycles. The first-order chi connectivity index (χ1) is 7.39. The van der Waals surface area contributed by atoms with Gasteiger partial charge in [0.05, 0.1) is 21.1 Å². The van der Waals surface area contributed by atoms with Crippen molar-refractivity contribution in [3.8, 4) is 0 Å². The molecule has 0 radical (unpaired) electrons. The van der Waals surface area contributed by atoms with Gasteiger partial charge in [0.1, 0.15) is 0 Å². The molecule has 0 atom stereocenters. The Morgan fingerprint density at radius 3 is 1.94 bits per heavy atom. The Kier molecular flexibility index (Phi) is 10.8. The van der Waals surface area contributed by atoms with E-state index in [1.165, 1.54) is 32.1 Å². The van der Waals surface area contributed by atoms with Crippen molar-refractivity contribution in [1.29, 1.82) is 0 Å². The standard InChI is InChI=1S/C14H28NO.ClH/c1-6-7-8-9-10-11-12-13(2)14(16)15(3,4)5;/h2,6-12H2,1,3-5H3;1H/q+1;/p-1. The molecule has 0 spiro atoms. The lowest BCUT2D eigenvalue weighted by atomic mass is 10.1. The highest BCUT2D eigenvalue weighted by molar-refractivity contribution is 5.86. The van der Waals surface area contributed by atoms with E-state index in [0.717, 1.165) is 18.4 Å². The number of carbonyl (C=O) groups is 1. The van der Waals surface area contributed by atoms with Crippen LogP contribution in [0, 0.1) is 0 Å². The Morgan fingerprint density at radius 2 is 1.47 bits per heavy atom. The third-order valence-electron chi connectivity index (χ3n) is 2.74. The first kappa shape index (κ1) is 19.0. The molecule has 1 amide bonds. The summed E-state index contributed by atoms with van der Waals surface area (Å²) in [7, 11) is 5.69. The lowest BCUT2D eigenvalue weighted by Gasteiger charge is -2.21. The summed E-state index contributed by atoms with van der Waals surface area (Å²) in [6.07, 6.45) is 8.43. The molecule has 0 saturated carbocycles. The molecule has 0 unspecified atom stereocenters. The molecule has 0 saturated heterocycles. The van der Waals surface area contributed by atoms with Gasteiger partial charge in [-0.1, -0.05) is 45.6 Å². The minimum absolute atomic E-state index is 0. The monoisotopic (exact) mass is 261 g/mol. The molecule has 0 heterocycles. The van der Waals surface area contributed by atoms with E-state index in [0.29, 0.717) is 4.48 Å². The van der Waals surface area contributed by atoms with Crippen molar-refractivity contribution in [3.05, 3.63) is 12.2 Å². The van der Waals surface area contributed by atoms with E-state index in [4.69, 9.17) is 0 Å². The van der Waals surface area contributed by atoms with Crippen molar-refractivity contribution >= 4 is 5.91 Å². The summed E-state index contributed by atoms with van der Waals surface area (Å²) in [5.41, 5.74) is 0.781. The second-order valence-corrected chi connectivity index (χ2v) is 5.44. The highest BCUT2D eigenvalue weighted by atomic mass is 35.5. The zero-order valence-corrected chi connectivity index (χ0v) is 12.6. The molecule has 3 heteroatoms. The van der Waals surface area contributed by atoms with Gasteiger partial charge in [-0.25, -0.2) is 4.79 Å². The SMILES string of the molecule is C=C(CCCCCCCC)C(=O)[N+](C)(C)C.[Cl-]. The number of unbranched alkanes of at least 4 members (excludes halogenated alkanes) is 5. The first-order valence-electron chi connectivity index (χ1n) is 6.43. The largest absolute Gasteiger partial charge is 1.00 e. The fourth-order valence-electron chi connectivity index (χ4n) is 1.70. The molecule has 102 valence electrons. The van der Waals surface area contributed by atoms with Crippen molar-refractivity contribution in [2.24, 2.45) is 0 Å². The van der Waals surface area contributed by atoms with Crippen molar-refractivity contribution in [3.63, 3.8) is 0 Å². The Hall–Kier alpha value is -0.340. The first-order valence-corrected chi connectivity index (χ1v) is 6.43. The second-order valence-electron chi connectivity index (χ2n) is 5.44. The van der Waals surface area contributed by atoms with Crippen molar-refractivity contribution in [2.75, 3.05) is 21.1 Å². The quantitative estimate of drug-likeness (QED) is 0.354. The average Bonchev–Trinajstić information content (AvgIpc) is 2.20. The van der Waals surface area contributed by atoms with Crippen molar-refractivity contribution < 1.29 is 21.7 Å². The van der Waals surface area contributed by atoms with Gasteiger partial charge in [0.25, 0.3) is 0 Å². The summed E-state index contributed by atoms with van der Waals surface area (Å²) in [5.74, 6) is 0.161. The van der Waals surface area contributed by atoms with Crippen LogP contribution in [-0.2, 0) is 4.79 Å². The molecular weight excluding hydrogens is 234 g/mol. The molecule has 0 fully saturated rings. The van der Waals surface area contributed by atoms with Gasteiger partial charge in [-0.3, -0.25) is 4.48 Å². The number of likely N-dealkylation sites (N-methyl/N-ethyl adjacent to an activating group) is 1. The van der Waals surface area contributed by atoms with Crippen molar-refractivity contribution in [2.45, 2.75) is 51.9 Å². The van der Waals surface area contributed by atoms with Crippen LogP contribution < -0.4 is 12.4 Å². The van der Waals surface area contributed by atoms with Gasteiger partial charge < -0.3 is 12.4 Å². The Bertz CT molecular complexity index is 231. The van der Waals surface area contributed by atoms with Gasteiger partial charge >= 0.3 is 5.91 Å². The normalized spacial score (nSPS) is 10.8. The van der Waals surface area contributed by atoms with E-state index in [1.54, 1.807) is 0 Å². The van der Waals surface area contributed by atoms with E-state index in [1.807, 2.05) is 21.1 Å². The van der Waals surface area contributed by atoms with E-state index in [-0.39, 0.29) is 18.3 Å². The van der Waals surface area contributed by atoms with Crippen LogP contribution in [0.2, 0.25) is 0 Å². The molecular formula is C14H28ClNO. The van der Waals surface area contributed by atoms with Crippen LogP contribution in [0.25, 0.3) is 0 Å². The molecule has 0 N–H and O–H groups in total. The van der Waals surface area contributed by atoms with Gasteiger partial charge in [0, 0.05) is 5.57 Å². The summed E-state index contributed by atoms with van der Waals surface area (Å²) in [6, 6.07) is 0. The van der Waals surface area contributed by atoms with Gasteiger partial charge in [-0.15, -0.1) is 0 Å². The fraction of sp³-hybridized carbons (Fsp3) is 0.786. The van der Waals surface area contributed by atoms with Crippen LogP contribution in [0.4, 0.5) is 0 Å². The number of halogens is 1. The molecule has 0 aliphatic heterocycles. The molecule has 0 aliphatic carbocycles. The maximum absolute atomic E-state index is 11.8. The van der Waals surface area contributed by atoms with Crippen LogP contribution in [0.1, 0.15) is 51.9 Å². The lowest BCUT2D eigenvalue weighted by molar-refractivity contribution is -0.789. The lowest BCUT2D eigenvalue weighted by Crippen LogP contribution is -3.00. The number of nitrogens with zero attached hydrogens (tertiary/aromatic N) is 1. The van der Waals surface area contributed by atoms with Crippen LogP contribution in [0.15, 0.2) is 12.2 Å². The Labute approximate surface area is 113 Å². The minimum Gasteiger partial charge on any atom is -1.00 e. The van der Waals surface area contributed by atoms with Crippen LogP contribution in [-0.4, -0.2) is 31.5 Å². The minimum atomic E-state index is 0. The second kappa shape index (κ2) is 9.67. The van der Waals surface area contributed by atoms with Crippen LogP contribution in [0.3, 0.4) is 0 Å². The number of hydrogen-bond donors (Lipinski definition) is 0. The van der Waals surface area contributed by atoms with Gasteiger partial charge in [0.2, 0.25) is 0 Å². The van der Waals surface area contributed by atoms with E-state index in [2.05, 4.69) is 13.5 Å². The zero-order chi connectivity index (χ0) is 12.6. The van der Waals surface area contributed by atoms with Gasteiger partial charge in [0.15, 0.2) is 0 Å². The van der Waals surface area contributed by atoms with Crippen LogP contribution in [0.5, 0.6) is 0 Å². The number of hydrogen-bond acceptors (Lipinski definition) is 1. The molecule has 0 aromatic heterocycles. The molecule has 0 aromatic rings. The molecule has 0 rings (SSSR count). The third kappa shape index (κ3) is 9.37. The third-order valence-corrected chi connectivity index (χ3v) is 2.74. The predicted octanol–water partition coefficient (Wildman–Crippen LogP) is 0.530. The molecule has 0 bridgehead atoms. The number of rotatable bonds is 8. The molecule has 17 heavy (non-hydrogen) atoms. The maximum Gasteiger partial charge on any atom is 0.340 e. The maximum atomic E-state index is 11.8. The fourth-order valence-corrected chi connectivity index (χ4v) is 1.70. The van der Waals surface area contributed by atoms with E-state index in [9.17, 15) is 4.79 Å². The topological polar surface area (TPSA) is 17.1 Å². The van der Waals surface area contributed by atoms with Gasteiger partial charge in [-0.05, 0) is 12.8 Å². The number of quaternary nitrogens is 1. The number of carbonyl (C=O) groups excluding carboxylic acids is 1. The highest BCUT2D eigenvalue weighted by Gasteiger charge is 2.22. The smallest absolute Gasteiger partial charge is 0.340 e. The summed E-state index contributed by atoms with van der Waals surface area (Å²) in [6.45, 7) is 6.11. The summed E-state index contributed by atoms with van der Waals surface area (Å²) in [5, 5.41) is 0. The molecule has 2 nitrogen and oxygen atoms in total. The number of amides is 1. The zero-order valence-electron chi connectivity index (χ0n) is 11.9. The average molecular weight is 262 g/mol. The summed E-state index contributed by atoms with van der Waals surface area (Å²) in [4.78, 5) is 11.8. The van der Waals surface area contributed by atoms with Crippen molar-refractivity contribution in [1.82, 2.24) is 0 Å². The Balaban J connectivity index is 0. The summed E-state index contributed by atoms with van der Waals surface area (Å²) < 4.78 is 0.356. The van der Waals surface area contributed by atoms with E-state index >= 15 is 0 Å².